The van der Waals surface area contributed by atoms with Crippen molar-refractivity contribution in [2.75, 3.05) is 0 Å². The molecular weight excluding hydrogens is 268 g/mol. The van der Waals surface area contributed by atoms with Crippen molar-refractivity contribution in [2.24, 2.45) is 12.2 Å². The van der Waals surface area contributed by atoms with Crippen LogP contribution in [0.5, 0.6) is 0 Å². The number of primary sulfonamides is 1. The number of nitrogens with two attached hydrogens (primary N) is 1. The SMILES string of the molecule is CC(C)c1nc(S(N)(=O)=O)cn1Cc1cn(C)nn1. The molecule has 0 bridgehead atoms. The van der Waals surface area contributed by atoms with Crippen LogP contribution in [0.15, 0.2) is 17.4 Å². The molecule has 2 aromatic rings. The standard InChI is InChI=1S/C10H16N6O2S/c1-7(2)10-12-9(19(11,17)18)6-16(10)5-8-4-15(3)14-13-8/h4,6-7H,5H2,1-3H3,(H2,11,17,18). The molecule has 0 saturated heterocycles. The average Bonchev–Trinajstić information content (AvgIpc) is 2.85. The summed E-state index contributed by atoms with van der Waals surface area (Å²) in [4.78, 5) is 4.08. The Morgan fingerprint density at radius 2 is 2.05 bits per heavy atom. The van der Waals surface area contributed by atoms with Gasteiger partial charge in [-0.05, 0) is 0 Å². The minimum absolute atomic E-state index is 0.0761. The third-order valence-electron chi connectivity index (χ3n) is 2.58. The highest BCUT2D eigenvalue weighted by molar-refractivity contribution is 7.89. The van der Waals surface area contributed by atoms with E-state index in [2.05, 4.69) is 15.3 Å². The highest BCUT2D eigenvalue weighted by Crippen LogP contribution is 2.17. The van der Waals surface area contributed by atoms with Gasteiger partial charge in [-0.15, -0.1) is 5.10 Å². The van der Waals surface area contributed by atoms with E-state index in [-0.39, 0.29) is 10.9 Å². The van der Waals surface area contributed by atoms with Crippen LogP contribution in [0.1, 0.15) is 31.3 Å². The third-order valence-corrected chi connectivity index (χ3v) is 3.36. The zero-order valence-corrected chi connectivity index (χ0v) is 11.8. The first-order chi connectivity index (χ1) is 8.77. The van der Waals surface area contributed by atoms with Crippen molar-refractivity contribution in [3.63, 3.8) is 0 Å². The lowest BCUT2D eigenvalue weighted by atomic mass is 10.2. The maximum Gasteiger partial charge on any atom is 0.257 e. The second kappa shape index (κ2) is 4.74. The Balaban J connectivity index is 2.41. The van der Waals surface area contributed by atoms with Crippen molar-refractivity contribution < 1.29 is 8.42 Å². The summed E-state index contributed by atoms with van der Waals surface area (Å²) in [5, 5.41) is 12.8. The van der Waals surface area contributed by atoms with Gasteiger partial charge in [0.15, 0.2) is 5.03 Å². The van der Waals surface area contributed by atoms with Gasteiger partial charge >= 0.3 is 0 Å². The Morgan fingerprint density at radius 1 is 1.37 bits per heavy atom. The first-order valence-electron chi connectivity index (χ1n) is 5.72. The first kappa shape index (κ1) is 13.7. The number of nitrogens with zero attached hydrogens (tertiary/aromatic N) is 5. The van der Waals surface area contributed by atoms with Crippen molar-refractivity contribution in [2.45, 2.75) is 31.3 Å². The Hall–Kier alpha value is -1.74. The molecule has 0 fully saturated rings. The third kappa shape index (κ3) is 2.99. The molecule has 0 radical (unpaired) electrons. The molecule has 0 aromatic carbocycles. The molecule has 0 atom stereocenters. The quantitative estimate of drug-likeness (QED) is 0.838. The van der Waals surface area contributed by atoms with Crippen molar-refractivity contribution in [1.29, 1.82) is 0 Å². The normalized spacial score (nSPS) is 12.3. The fourth-order valence-electron chi connectivity index (χ4n) is 1.77. The van der Waals surface area contributed by atoms with Gasteiger partial charge in [0.1, 0.15) is 11.5 Å². The maximum atomic E-state index is 11.3. The average molecular weight is 284 g/mol. The van der Waals surface area contributed by atoms with E-state index in [1.165, 1.54) is 6.20 Å². The van der Waals surface area contributed by atoms with E-state index in [0.717, 1.165) is 5.69 Å². The summed E-state index contributed by atoms with van der Waals surface area (Å²) in [6.45, 7) is 4.27. The van der Waals surface area contributed by atoms with Gasteiger partial charge in [-0.25, -0.2) is 18.5 Å². The fraction of sp³-hybridized carbons (Fsp3) is 0.500. The van der Waals surface area contributed by atoms with E-state index in [1.807, 2.05) is 13.8 Å². The second-order valence-corrected chi connectivity index (χ2v) is 6.16. The largest absolute Gasteiger partial charge is 0.327 e. The van der Waals surface area contributed by atoms with Crippen LogP contribution < -0.4 is 5.14 Å². The molecule has 0 aliphatic rings. The molecule has 0 aliphatic carbocycles. The van der Waals surface area contributed by atoms with Gasteiger partial charge < -0.3 is 4.57 Å². The molecule has 19 heavy (non-hydrogen) atoms. The number of aryl methyl sites for hydroxylation is 1. The molecular formula is C10H16N6O2S. The molecule has 0 amide bonds. The summed E-state index contributed by atoms with van der Waals surface area (Å²) in [5.41, 5.74) is 0.725. The van der Waals surface area contributed by atoms with Crippen LogP contribution in [0.3, 0.4) is 0 Å². The summed E-state index contributed by atoms with van der Waals surface area (Å²) >= 11 is 0. The molecule has 2 rings (SSSR count). The number of imidazole rings is 1. The Kier molecular flexibility index (Phi) is 3.42. The van der Waals surface area contributed by atoms with E-state index in [1.54, 1.807) is 22.5 Å². The Labute approximate surface area is 111 Å². The Morgan fingerprint density at radius 3 is 2.53 bits per heavy atom. The van der Waals surface area contributed by atoms with Gasteiger partial charge in [-0.2, -0.15) is 0 Å². The van der Waals surface area contributed by atoms with Crippen LogP contribution >= 0.6 is 0 Å². The first-order valence-corrected chi connectivity index (χ1v) is 7.27. The maximum absolute atomic E-state index is 11.3. The summed E-state index contributed by atoms with van der Waals surface area (Å²) < 4.78 is 26.0. The van der Waals surface area contributed by atoms with E-state index in [9.17, 15) is 8.42 Å². The molecule has 0 spiro atoms. The predicted molar refractivity (Wildman–Crippen MR) is 67.8 cm³/mol. The van der Waals surface area contributed by atoms with E-state index >= 15 is 0 Å². The Bertz CT molecular complexity index is 685. The zero-order chi connectivity index (χ0) is 14.2. The summed E-state index contributed by atoms with van der Waals surface area (Å²) in [5.74, 6) is 0.724. The van der Waals surface area contributed by atoms with Gasteiger partial charge in [0.25, 0.3) is 10.0 Å². The summed E-state index contributed by atoms with van der Waals surface area (Å²) in [6.07, 6.45) is 3.19. The number of aromatic nitrogens is 5. The highest BCUT2D eigenvalue weighted by atomic mass is 32.2. The molecule has 0 aliphatic heterocycles. The van der Waals surface area contributed by atoms with Gasteiger partial charge in [-0.3, -0.25) is 4.68 Å². The number of rotatable bonds is 4. The molecule has 8 nitrogen and oxygen atoms in total. The lowest BCUT2D eigenvalue weighted by Gasteiger charge is -2.07. The van der Waals surface area contributed by atoms with Crippen molar-refractivity contribution in [1.82, 2.24) is 24.5 Å². The second-order valence-electron chi connectivity index (χ2n) is 4.65. The van der Waals surface area contributed by atoms with Crippen LogP contribution in [0.25, 0.3) is 0 Å². The van der Waals surface area contributed by atoms with Crippen molar-refractivity contribution >= 4 is 10.0 Å². The van der Waals surface area contributed by atoms with E-state index < -0.39 is 10.0 Å². The molecule has 9 heteroatoms. The molecule has 0 saturated carbocycles. The summed E-state index contributed by atoms with van der Waals surface area (Å²) in [6, 6.07) is 0. The summed E-state index contributed by atoms with van der Waals surface area (Å²) in [7, 11) is -2.03. The predicted octanol–water partition coefficient (Wildman–Crippen LogP) is -0.169. The number of hydrogen-bond acceptors (Lipinski definition) is 5. The van der Waals surface area contributed by atoms with Gasteiger partial charge in [0.05, 0.1) is 6.54 Å². The van der Waals surface area contributed by atoms with Crippen LogP contribution in [-0.4, -0.2) is 33.0 Å². The lowest BCUT2D eigenvalue weighted by Crippen LogP contribution is -2.12. The molecule has 104 valence electrons. The highest BCUT2D eigenvalue weighted by Gasteiger charge is 2.18. The van der Waals surface area contributed by atoms with Gasteiger partial charge in [0.2, 0.25) is 0 Å². The molecule has 2 aromatic heterocycles. The monoisotopic (exact) mass is 284 g/mol. The molecule has 2 N–H and O–H groups in total. The van der Waals surface area contributed by atoms with Crippen LogP contribution in [0.2, 0.25) is 0 Å². The number of sulfonamides is 1. The van der Waals surface area contributed by atoms with Crippen LogP contribution in [0, 0.1) is 0 Å². The van der Waals surface area contributed by atoms with E-state index in [0.29, 0.717) is 12.4 Å². The minimum atomic E-state index is -3.80. The van der Waals surface area contributed by atoms with Crippen LogP contribution in [0.4, 0.5) is 0 Å². The smallest absolute Gasteiger partial charge is 0.257 e. The molecule has 0 unspecified atom stereocenters. The zero-order valence-electron chi connectivity index (χ0n) is 11.0. The van der Waals surface area contributed by atoms with E-state index in [4.69, 9.17) is 5.14 Å². The van der Waals surface area contributed by atoms with Crippen molar-refractivity contribution in [3.8, 4) is 0 Å². The number of hydrogen-bond donors (Lipinski definition) is 1. The van der Waals surface area contributed by atoms with Crippen molar-refractivity contribution in [3.05, 3.63) is 23.9 Å². The van der Waals surface area contributed by atoms with Gasteiger partial charge in [0, 0.05) is 25.4 Å². The van der Waals surface area contributed by atoms with Gasteiger partial charge in [-0.1, -0.05) is 19.1 Å². The topological polar surface area (TPSA) is 109 Å². The van der Waals surface area contributed by atoms with Crippen LogP contribution in [-0.2, 0) is 23.6 Å². The molecule has 2 heterocycles. The fourth-order valence-corrected chi connectivity index (χ4v) is 2.27. The minimum Gasteiger partial charge on any atom is -0.327 e. The lowest BCUT2D eigenvalue weighted by molar-refractivity contribution is 0.594.